The van der Waals surface area contributed by atoms with Crippen molar-refractivity contribution in [2.45, 2.75) is 19.9 Å². The van der Waals surface area contributed by atoms with Gasteiger partial charge in [-0.2, -0.15) is 0 Å². The third kappa shape index (κ3) is 5.25. The van der Waals surface area contributed by atoms with E-state index in [2.05, 4.69) is 15.9 Å². The number of sulfonamides is 1. The van der Waals surface area contributed by atoms with E-state index in [-0.39, 0.29) is 24.0 Å². The number of likely N-dealkylation sites (N-methyl/N-ethyl adjacent to an activating group) is 1. The molecule has 0 saturated carbocycles. The summed E-state index contributed by atoms with van der Waals surface area (Å²) in [4.78, 5) is 14.1. The van der Waals surface area contributed by atoms with Crippen LogP contribution in [0.15, 0.2) is 53.0 Å². The van der Waals surface area contributed by atoms with Gasteiger partial charge in [-0.25, -0.2) is 12.8 Å². The summed E-state index contributed by atoms with van der Waals surface area (Å²) in [5, 5.41) is 0. The predicted octanol–water partition coefficient (Wildman–Crippen LogP) is 4.19. The molecule has 2 aromatic rings. The number of rotatable bonds is 6. The van der Waals surface area contributed by atoms with Crippen LogP contribution in [0.2, 0.25) is 0 Å². The molecule has 0 N–H and O–H groups in total. The van der Waals surface area contributed by atoms with Crippen molar-refractivity contribution in [1.82, 2.24) is 4.90 Å². The summed E-state index contributed by atoms with van der Waals surface area (Å²) in [6, 6.07) is 11.7. The van der Waals surface area contributed by atoms with Crippen molar-refractivity contribution < 1.29 is 17.6 Å². The number of carbonyl (C=O) groups is 1. The van der Waals surface area contributed by atoms with E-state index in [4.69, 9.17) is 0 Å². The fourth-order valence-corrected chi connectivity index (χ4v) is 5.14. The molecule has 8 heteroatoms. The van der Waals surface area contributed by atoms with E-state index >= 15 is 0 Å². The number of nitrogens with zero attached hydrogens (tertiary/aromatic N) is 2. The maximum absolute atomic E-state index is 14.0. The Morgan fingerprint density at radius 3 is 2.59 bits per heavy atom. The largest absolute Gasteiger partial charge is 0.335 e. The summed E-state index contributed by atoms with van der Waals surface area (Å²) in [5.74, 6) is -0.400. The van der Waals surface area contributed by atoms with Crippen molar-refractivity contribution >= 4 is 43.6 Å². The Hall–Kier alpha value is -2.19. The first-order valence-electron chi connectivity index (χ1n) is 9.31. The normalized spacial score (nSPS) is 15.8. The number of halogens is 2. The molecule has 1 aliphatic rings. The Labute approximate surface area is 179 Å². The summed E-state index contributed by atoms with van der Waals surface area (Å²) < 4.78 is 40.1. The highest BCUT2D eigenvalue weighted by Gasteiger charge is 2.28. The lowest BCUT2D eigenvalue weighted by Gasteiger charge is -2.20. The van der Waals surface area contributed by atoms with Crippen molar-refractivity contribution in [1.29, 1.82) is 0 Å². The maximum atomic E-state index is 14.0. The van der Waals surface area contributed by atoms with Crippen LogP contribution in [0.1, 0.15) is 24.5 Å². The fraction of sp³-hybridized carbons (Fsp3) is 0.286. The Balaban J connectivity index is 1.68. The SMILES string of the molecule is CCN(Cc1cc(Br)ccc1F)C(=O)/C=C/c1ccc(N2CCCS2(=O)=O)cc1. The standard InChI is InChI=1S/C21H22BrFN2O3S/c1-2-24(15-17-14-18(22)7-10-20(17)23)21(26)11-6-16-4-8-19(9-5-16)25-12-3-13-29(25,27)28/h4-11,14H,2-3,12-13,15H2,1H3/b11-6+. The number of amides is 1. The minimum atomic E-state index is -3.21. The number of hydrogen-bond acceptors (Lipinski definition) is 3. The van der Waals surface area contributed by atoms with Crippen molar-refractivity contribution in [2.24, 2.45) is 0 Å². The zero-order chi connectivity index (χ0) is 21.0. The van der Waals surface area contributed by atoms with Gasteiger partial charge in [-0.1, -0.05) is 28.1 Å². The van der Waals surface area contributed by atoms with Crippen molar-refractivity contribution in [3.8, 4) is 0 Å². The molecule has 0 radical (unpaired) electrons. The molecule has 3 rings (SSSR count). The van der Waals surface area contributed by atoms with E-state index in [0.717, 1.165) is 10.0 Å². The average Bonchev–Trinajstić information content (AvgIpc) is 3.06. The molecule has 29 heavy (non-hydrogen) atoms. The predicted molar refractivity (Wildman–Crippen MR) is 116 cm³/mol. The van der Waals surface area contributed by atoms with Gasteiger partial charge in [0.1, 0.15) is 5.82 Å². The second kappa shape index (κ2) is 9.09. The molecule has 0 atom stereocenters. The van der Waals surface area contributed by atoms with E-state index in [0.29, 0.717) is 30.8 Å². The van der Waals surface area contributed by atoms with E-state index in [1.165, 1.54) is 16.4 Å². The van der Waals surface area contributed by atoms with Gasteiger partial charge in [0.05, 0.1) is 11.4 Å². The zero-order valence-electron chi connectivity index (χ0n) is 16.0. The summed E-state index contributed by atoms with van der Waals surface area (Å²) in [5.41, 5.74) is 1.86. The van der Waals surface area contributed by atoms with Gasteiger partial charge < -0.3 is 4.90 Å². The lowest BCUT2D eigenvalue weighted by molar-refractivity contribution is -0.126. The second-order valence-corrected chi connectivity index (χ2v) is 9.68. The lowest BCUT2D eigenvalue weighted by atomic mass is 10.1. The first-order valence-corrected chi connectivity index (χ1v) is 11.7. The molecule has 0 bridgehead atoms. The third-order valence-electron chi connectivity index (χ3n) is 4.76. The molecule has 0 aromatic heterocycles. The molecular weight excluding hydrogens is 459 g/mol. The second-order valence-electron chi connectivity index (χ2n) is 6.75. The van der Waals surface area contributed by atoms with Crippen molar-refractivity contribution in [3.05, 3.63) is 70.0 Å². The highest BCUT2D eigenvalue weighted by atomic mass is 79.9. The van der Waals surface area contributed by atoms with Gasteiger partial charge in [0.2, 0.25) is 15.9 Å². The van der Waals surface area contributed by atoms with Crippen LogP contribution in [0.4, 0.5) is 10.1 Å². The Bertz CT molecular complexity index is 1020. The van der Waals surface area contributed by atoms with Gasteiger partial charge in [-0.05, 0) is 55.3 Å². The van der Waals surface area contributed by atoms with Crippen LogP contribution in [0.3, 0.4) is 0 Å². The summed E-state index contributed by atoms with van der Waals surface area (Å²) >= 11 is 3.32. The lowest BCUT2D eigenvalue weighted by Crippen LogP contribution is -2.29. The molecular formula is C21H22BrFN2O3S. The summed E-state index contributed by atoms with van der Waals surface area (Å²) in [6.45, 7) is 2.96. The molecule has 1 saturated heterocycles. The minimum absolute atomic E-state index is 0.175. The first kappa shape index (κ1) is 21.5. The topological polar surface area (TPSA) is 57.7 Å². The highest BCUT2D eigenvalue weighted by Crippen LogP contribution is 2.24. The monoisotopic (exact) mass is 480 g/mol. The maximum Gasteiger partial charge on any atom is 0.246 e. The Morgan fingerprint density at radius 2 is 1.97 bits per heavy atom. The summed E-state index contributed by atoms with van der Waals surface area (Å²) in [6.07, 6.45) is 3.75. The highest BCUT2D eigenvalue weighted by molar-refractivity contribution is 9.10. The van der Waals surface area contributed by atoms with Crippen LogP contribution in [0.25, 0.3) is 6.08 Å². The van der Waals surface area contributed by atoms with E-state index in [1.54, 1.807) is 47.4 Å². The molecule has 154 valence electrons. The molecule has 2 aromatic carbocycles. The smallest absolute Gasteiger partial charge is 0.246 e. The molecule has 1 heterocycles. The van der Waals surface area contributed by atoms with Gasteiger partial charge in [0.25, 0.3) is 0 Å². The molecule has 1 fully saturated rings. The number of hydrogen-bond donors (Lipinski definition) is 0. The molecule has 5 nitrogen and oxygen atoms in total. The van der Waals surface area contributed by atoms with Gasteiger partial charge in [-0.3, -0.25) is 9.10 Å². The van der Waals surface area contributed by atoms with Gasteiger partial charge >= 0.3 is 0 Å². The van der Waals surface area contributed by atoms with Gasteiger partial charge in [0.15, 0.2) is 0 Å². The number of carbonyl (C=O) groups excluding carboxylic acids is 1. The van der Waals surface area contributed by atoms with Crippen molar-refractivity contribution in [2.75, 3.05) is 23.1 Å². The molecule has 1 amide bonds. The summed E-state index contributed by atoms with van der Waals surface area (Å²) in [7, 11) is -3.21. The molecule has 0 spiro atoms. The average molecular weight is 481 g/mol. The third-order valence-corrected chi connectivity index (χ3v) is 7.12. The van der Waals surface area contributed by atoms with E-state index < -0.39 is 10.0 Å². The number of anilines is 1. The molecule has 0 unspecified atom stereocenters. The van der Waals surface area contributed by atoms with Gasteiger partial charge in [0, 0.05) is 35.7 Å². The zero-order valence-corrected chi connectivity index (χ0v) is 18.4. The van der Waals surface area contributed by atoms with Crippen LogP contribution in [0, 0.1) is 5.82 Å². The van der Waals surface area contributed by atoms with Gasteiger partial charge in [-0.15, -0.1) is 0 Å². The molecule has 0 aliphatic carbocycles. The van der Waals surface area contributed by atoms with Crippen LogP contribution in [-0.4, -0.2) is 38.1 Å². The van der Waals surface area contributed by atoms with E-state index in [9.17, 15) is 17.6 Å². The van der Waals surface area contributed by atoms with Crippen LogP contribution >= 0.6 is 15.9 Å². The van der Waals surface area contributed by atoms with Crippen molar-refractivity contribution in [3.63, 3.8) is 0 Å². The Kier molecular flexibility index (Phi) is 6.74. The van der Waals surface area contributed by atoms with Crippen LogP contribution < -0.4 is 4.31 Å². The quantitative estimate of drug-likeness (QED) is 0.582. The Morgan fingerprint density at radius 1 is 1.24 bits per heavy atom. The van der Waals surface area contributed by atoms with Crippen LogP contribution in [0.5, 0.6) is 0 Å². The first-order chi connectivity index (χ1) is 13.8. The van der Waals surface area contributed by atoms with E-state index in [1.807, 2.05) is 6.92 Å². The molecule has 1 aliphatic heterocycles. The minimum Gasteiger partial charge on any atom is -0.335 e. The fourth-order valence-electron chi connectivity index (χ4n) is 3.17. The number of benzene rings is 2. The van der Waals surface area contributed by atoms with Crippen LogP contribution in [-0.2, 0) is 21.4 Å².